The van der Waals surface area contributed by atoms with Gasteiger partial charge in [0.15, 0.2) is 0 Å². The first-order valence-electron chi connectivity index (χ1n) is 7.09. The molecule has 0 saturated carbocycles. The van der Waals surface area contributed by atoms with Crippen molar-refractivity contribution in [1.82, 2.24) is 4.90 Å². The van der Waals surface area contributed by atoms with E-state index in [0.29, 0.717) is 5.88 Å². The van der Waals surface area contributed by atoms with Gasteiger partial charge in [0.25, 0.3) is 0 Å². The third kappa shape index (κ3) is 2.12. The Morgan fingerprint density at radius 1 is 1.29 bits per heavy atom. The summed E-state index contributed by atoms with van der Waals surface area (Å²) in [6.45, 7) is 6.15. The molecule has 21 heavy (non-hydrogen) atoms. The van der Waals surface area contributed by atoms with Crippen molar-refractivity contribution in [3.05, 3.63) is 35.9 Å². The van der Waals surface area contributed by atoms with E-state index in [-0.39, 0.29) is 28.1 Å². The van der Waals surface area contributed by atoms with E-state index in [4.69, 9.17) is 23.2 Å². The summed E-state index contributed by atoms with van der Waals surface area (Å²) >= 11 is 14.6. The Morgan fingerprint density at radius 3 is 2.43 bits per heavy atom. The normalized spacial score (nSPS) is 35.6. The van der Waals surface area contributed by atoms with Gasteiger partial charge in [-0.2, -0.15) is 0 Å². The number of hydrogen-bond acceptors (Lipinski definition) is 2. The van der Waals surface area contributed by atoms with Gasteiger partial charge < -0.3 is 4.90 Å². The fraction of sp³-hybridized carbons (Fsp3) is 0.562. The first-order chi connectivity index (χ1) is 9.83. The molecule has 2 fully saturated rings. The van der Waals surface area contributed by atoms with Crippen LogP contribution < -0.4 is 0 Å². The van der Waals surface area contributed by atoms with Gasteiger partial charge >= 0.3 is 0 Å². The molecule has 5 heteroatoms. The molecule has 0 N–H and O–H groups in total. The maximum Gasteiger partial charge on any atom is 0.243 e. The van der Waals surface area contributed by atoms with Crippen LogP contribution in [0.4, 0.5) is 0 Å². The van der Waals surface area contributed by atoms with E-state index in [2.05, 4.69) is 12.1 Å². The molecule has 1 amide bonds. The Morgan fingerprint density at radius 2 is 1.90 bits per heavy atom. The smallest absolute Gasteiger partial charge is 0.243 e. The number of hydrogen-bond donors (Lipinski definition) is 0. The Hall–Kier alpha value is -0.380. The highest BCUT2D eigenvalue weighted by molar-refractivity contribution is 8.02. The van der Waals surface area contributed by atoms with Crippen molar-refractivity contribution >= 4 is 40.9 Å². The van der Waals surface area contributed by atoms with E-state index in [1.165, 1.54) is 5.56 Å². The predicted molar refractivity (Wildman–Crippen MR) is 90.3 cm³/mol. The highest BCUT2D eigenvalue weighted by Gasteiger charge is 2.71. The van der Waals surface area contributed by atoms with Crippen LogP contribution in [0.3, 0.4) is 0 Å². The number of rotatable bonds is 2. The number of carbonyl (C=O) groups is 1. The minimum absolute atomic E-state index is 0.000581. The lowest BCUT2D eigenvalue weighted by Crippen LogP contribution is -2.77. The number of carbonyl (C=O) groups excluding carboxylic acids is 1. The lowest BCUT2D eigenvalue weighted by Gasteiger charge is -2.57. The molecule has 0 aliphatic carbocycles. The van der Waals surface area contributed by atoms with Crippen molar-refractivity contribution in [2.24, 2.45) is 0 Å². The highest BCUT2D eigenvalue weighted by atomic mass is 35.5. The first-order valence-corrected chi connectivity index (χ1v) is 8.94. The van der Waals surface area contributed by atoms with Crippen LogP contribution in [0.5, 0.6) is 0 Å². The molecule has 1 aromatic carbocycles. The Labute approximate surface area is 140 Å². The molecule has 1 aromatic rings. The van der Waals surface area contributed by atoms with Crippen LogP contribution in [0.15, 0.2) is 30.3 Å². The van der Waals surface area contributed by atoms with E-state index in [1.54, 1.807) is 11.8 Å². The second kappa shape index (κ2) is 5.07. The van der Waals surface area contributed by atoms with E-state index < -0.39 is 4.75 Å². The van der Waals surface area contributed by atoms with Gasteiger partial charge in [-0.05, 0) is 26.3 Å². The molecule has 0 aromatic heterocycles. The van der Waals surface area contributed by atoms with Crippen molar-refractivity contribution in [1.29, 1.82) is 0 Å². The van der Waals surface area contributed by atoms with Gasteiger partial charge in [-0.25, -0.2) is 0 Å². The summed E-state index contributed by atoms with van der Waals surface area (Å²) in [5.74, 6) is 0.449. The van der Waals surface area contributed by atoms with Crippen molar-refractivity contribution in [2.45, 2.75) is 47.7 Å². The number of thioether (sulfide) groups is 1. The summed E-state index contributed by atoms with van der Waals surface area (Å²) in [7, 11) is 0. The SMILES string of the molecule is CC(C)(C)N1C(=O)C2(CCl)SC(c3ccccc3)C(Cl)C12. The zero-order valence-electron chi connectivity index (χ0n) is 12.3. The number of alkyl halides is 2. The maximum atomic E-state index is 12.7. The average Bonchev–Trinajstić information content (AvgIpc) is 2.68. The zero-order chi connectivity index (χ0) is 15.4. The molecule has 0 spiro atoms. The van der Waals surface area contributed by atoms with Gasteiger partial charge in [-0.3, -0.25) is 4.79 Å². The third-order valence-corrected chi connectivity index (χ3v) is 7.33. The van der Waals surface area contributed by atoms with Crippen LogP contribution in [0.25, 0.3) is 0 Å². The average molecular weight is 344 g/mol. The monoisotopic (exact) mass is 343 g/mol. The zero-order valence-corrected chi connectivity index (χ0v) is 14.7. The van der Waals surface area contributed by atoms with E-state index in [0.717, 1.165) is 0 Å². The van der Waals surface area contributed by atoms with E-state index in [1.807, 2.05) is 43.9 Å². The largest absolute Gasteiger partial charge is 0.330 e. The summed E-state index contributed by atoms with van der Waals surface area (Å²) in [4.78, 5) is 14.6. The Kier molecular flexibility index (Phi) is 3.75. The summed E-state index contributed by atoms with van der Waals surface area (Å²) in [5.41, 5.74) is 0.944. The van der Waals surface area contributed by atoms with Crippen molar-refractivity contribution in [3.8, 4) is 0 Å². The lowest BCUT2D eigenvalue weighted by atomic mass is 9.80. The summed E-state index contributed by atoms with van der Waals surface area (Å²) in [5, 5.41) is -0.0130. The van der Waals surface area contributed by atoms with E-state index in [9.17, 15) is 4.79 Å². The molecule has 2 aliphatic heterocycles. The van der Waals surface area contributed by atoms with Crippen LogP contribution in [0, 0.1) is 0 Å². The van der Waals surface area contributed by atoms with Gasteiger partial charge in [0.2, 0.25) is 5.91 Å². The summed E-state index contributed by atoms with van der Waals surface area (Å²) < 4.78 is -0.554. The fourth-order valence-corrected chi connectivity index (χ4v) is 6.20. The number of benzene rings is 1. The third-order valence-electron chi connectivity index (χ3n) is 4.31. The molecule has 0 radical (unpaired) electrons. The van der Waals surface area contributed by atoms with E-state index >= 15 is 0 Å². The number of halogens is 2. The van der Waals surface area contributed by atoms with Crippen LogP contribution >= 0.6 is 35.0 Å². The summed E-state index contributed by atoms with van der Waals surface area (Å²) in [6, 6.07) is 10.2. The molecular weight excluding hydrogens is 325 g/mol. The Bertz CT molecular complexity index is 559. The van der Waals surface area contributed by atoms with Crippen molar-refractivity contribution in [2.75, 3.05) is 5.88 Å². The van der Waals surface area contributed by atoms with Gasteiger partial charge in [-0.15, -0.1) is 35.0 Å². The van der Waals surface area contributed by atoms with Crippen LogP contribution in [-0.2, 0) is 4.79 Å². The predicted octanol–water partition coefficient (Wildman–Crippen LogP) is 4.07. The molecule has 0 bridgehead atoms. The highest BCUT2D eigenvalue weighted by Crippen LogP contribution is 2.62. The minimum Gasteiger partial charge on any atom is -0.330 e. The molecular formula is C16H19Cl2NOS. The molecule has 2 aliphatic rings. The standard InChI is InChI=1S/C16H19Cl2NOS/c1-15(2,3)19-13-11(18)12(10-7-5-4-6-8-10)21-16(13,9-17)14(19)20/h4-8,11-13H,9H2,1-3H3. The van der Waals surface area contributed by atoms with Crippen LogP contribution in [0.1, 0.15) is 31.6 Å². The number of fused-ring (bicyclic) bond motifs is 1. The second-order valence-electron chi connectivity index (χ2n) is 6.71. The van der Waals surface area contributed by atoms with Crippen LogP contribution in [0.2, 0.25) is 0 Å². The molecule has 4 atom stereocenters. The molecule has 3 rings (SSSR count). The Balaban J connectivity index is 1.98. The fourth-order valence-electron chi connectivity index (χ4n) is 3.36. The topological polar surface area (TPSA) is 20.3 Å². The van der Waals surface area contributed by atoms with Gasteiger partial charge in [0.05, 0.1) is 11.4 Å². The minimum atomic E-state index is -0.554. The summed E-state index contributed by atoms with van der Waals surface area (Å²) in [6.07, 6.45) is 0. The number of amides is 1. The lowest BCUT2D eigenvalue weighted by molar-refractivity contribution is -0.158. The molecule has 2 heterocycles. The van der Waals surface area contributed by atoms with Gasteiger partial charge in [-0.1, -0.05) is 30.3 Å². The van der Waals surface area contributed by atoms with Crippen molar-refractivity contribution < 1.29 is 4.79 Å². The second-order valence-corrected chi connectivity index (χ2v) is 8.95. The molecule has 2 nitrogen and oxygen atoms in total. The first kappa shape index (κ1) is 15.5. The van der Waals surface area contributed by atoms with Crippen molar-refractivity contribution in [3.63, 3.8) is 0 Å². The quantitative estimate of drug-likeness (QED) is 0.595. The molecule has 114 valence electrons. The molecule has 4 unspecified atom stereocenters. The number of likely N-dealkylation sites (tertiary alicyclic amines) is 1. The number of nitrogens with zero attached hydrogens (tertiary/aromatic N) is 1. The van der Waals surface area contributed by atoms with Crippen LogP contribution in [-0.4, -0.2) is 38.4 Å². The molecule has 2 saturated heterocycles. The number of β-lactam (4-membered cyclic amide) rings is 1. The van der Waals surface area contributed by atoms with Gasteiger partial charge in [0.1, 0.15) is 4.75 Å². The van der Waals surface area contributed by atoms with Gasteiger partial charge in [0, 0.05) is 16.7 Å². The maximum absolute atomic E-state index is 12.7.